The molecular formula is C16H23NO3. The zero-order valence-electron chi connectivity index (χ0n) is 11.8. The van der Waals surface area contributed by atoms with Gasteiger partial charge in [-0.05, 0) is 36.5 Å². The fourth-order valence-corrected chi connectivity index (χ4v) is 2.93. The summed E-state index contributed by atoms with van der Waals surface area (Å²) in [5.41, 5.74) is 7.23. The highest BCUT2D eigenvalue weighted by atomic mass is 16.6. The topological polar surface area (TPSA) is 53.7 Å². The SMILES string of the molecule is NC(COCC1CCCC1)c1ccc2c(c1)OCCO2. The van der Waals surface area contributed by atoms with Crippen molar-refractivity contribution >= 4 is 0 Å². The van der Waals surface area contributed by atoms with Crippen LogP contribution in [0.1, 0.15) is 37.3 Å². The van der Waals surface area contributed by atoms with Crippen molar-refractivity contribution in [2.45, 2.75) is 31.7 Å². The van der Waals surface area contributed by atoms with Gasteiger partial charge < -0.3 is 19.9 Å². The maximum Gasteiger partial charge on any atom is 0.161 e. The molecule has 0 bridgehead atoms. The number of hydrogen-bond acceptors (Lipinski definition) is 4. The Labute approximate surface area is 120 Å². The molecule has 1 aliphatic heterocycles. The third kappa shape index (κ3) is 3.25. The summed E-state index contributed by atoms with van der Waals surface area (Å²) in [4.78, 5) is 0. The summed E-state index contributed by atoms with van der Waals surface area (Å²) in [5.74, 6) is 2.33. The summed E-state index contributed by atoms with van der Waals surface area (Å²) < 4.78 is 16.9. The summed E-state index contributed by atoms with van der Waals surface area (Å²) in [6, 6.07) is 5.79. The number of nitrogens with two attached hydrogens (primary N) is 1. The van der Waals surface area contributed by atoms with E-state index >= 15 is 0 Å². The minimum Gasteiger partial charge on any atom is -0.486 e. The van der Waals surface area contributed by atoms with E-state index in [1.54, 1.807) is 0 Å². The van der Waals surface area contributed by atoms with E-state index in [1.165, 1.54) is 25.7 Å². The van der Waals surface area contributed by atoms with Crippen LogP contribution in [0.3, 0.4) is 0 Å². The van der Waals surface area contributed by atoms with Gasteiger partial charge in [0.25, 0.3) is 0 Å². The lowest BCUT2D eigenvalue weighted by Gasteiger charge is -2.21. The quantitative estimate of drug-likeness (QED) is 0.899. The molecule has 1 aromatic rings. The van der Waals surface area contributed by atoms with Gasteiger partial charge in [0.15, 0.2) is 11.5 Å². The minimum absolute atomic E-state index is 0.104. The van der Waals surface area contributed by atoms with Crippen LogP contribution < -0.4 is 15.2 Å². The van der Waals surface area contributed by atoms with Crippen LogP contribution in [-0.2, 0) is 4.74 Å². The molecule has 2 aliphatic rings. The van der Waals surface area contributed by atoms with E-state index in [1.807, 2.05) is 18.2 Å². The Morgan fingerprint density at radius 3 is 2.70 bits per heavy atom. The summed E-state index contributed by atoms with van der Waals surface area (Å²) in [7, 11) is 0. The lowest BCUT2D eigenvalue weighted by Crippen LogP contribution is -2.20. The van der Waals surface area contributed by atoms with Crippen LogP contribution in [0.4, 0.5) is 0 Å². The highest BCUT2D eigenvalue weighted by Crippen LogP contribution is 2.32. The normalized spacial score (nSPS) is 20.1. The lowest BCUT2D eigenvalue weighted by molar-refractivity contribution is 0.0903. The van der Waals surface area contributed by atoms with Crippen LogP contribution in [-0.4, -0.2) is 26.4 Å². The lowest BCUT2D eigenvalue weighted by atomic mass is 10.1. The average Bonchev–Trinajstić information content (AvgIpc) is 3.00. The molecule has 1 saturated carbocycles. The molecule has 1 unspecified atom stereocenters. The zero-order valence-corrected chi connectivity index (χ0v) is 11.8. The Bertz CT molecular complexity index is 443. The Morgan fingerprint density at radius 1 is 1.15 bits per heavy atom. The minimum atomic E-state index is -0.104. The first kappa shape index (κ1) is 13.7. The average molecular weight is 277 g/mol. The third-order valence-corrected chi connectivity index (χ3v) is 4.12. The van der Waals surface area contributed by atoms with Gasteiger partial charge in [0.2, 0.25) is 0 Å². The smallest absolute Gasteiger partial charge is 0.161 e. The molecule has 1 aromatic carbocycles. The van der Waals surface area contributed by atoms with Crippen LogP contribution >= 0.6 is 0 Å². The summed E-state index contributed by atoms with van der Waals surface area (Å²) in [6.07, 6.45) is 5.31. The predicted octanol–water partition coefficient (Wildman–Crippen LogP) is 2.66. The zero-order chi connectivity index (χ0) is 13.8. The Morgan fingerprint density at radius 2 is 1.90 bits per heavy atom. The first-order valence-corrected chi connectivity index (χ1v) is 7.56. The summed E-state index contributed by atoms with van der Waals surface area (Å²) >= 11 is 0. The second-order valence-electron chi connectivity index (χ2n) is 5.70. The number of rotatable bonds is 5. The van der Waals surface area contributed by atoms with Gasteiger partial charge in [-0.25, -0.2) is 0 Å². The molecule has 2 N–H and O–H groups in total. The predicted molar refractivity (Wildman–Crippen MR) is 77.1 cm³/mol. The van der Waals surface area contributed by atoms with E-state index < -0.39 is 0 Å². The number of benzene rings is 1. The molecule has 4 heteroatoms. The molecule has 110 valence electrons. The van der Waals surface area contributed by atoms with Crippen LogP contribution in [0.15, 0.2) is 18.2 Å². The Kier molecular flexibility index (Phi) is 4.43. The Balaban J connectivity index is 1.52. The van der Waals surface area contributed by atoms with E-state index in [-0.39, 0.29) is 6.04 Å². The largest absolute Gasteiger partial charge is 0.486 e. The van der Waals surface area contributed by atoms with Gasteiger partial charge in [0.1, 0.15) is 13.2 Å². The second-order valence-corrected chi connectivity index (χ2v) is 5.70. The van der Waals surface area contributed by atoms with Crippen LogP contribution in [0.5, 0.6) is 11.5 Å². The van der Waals surface area contributed by atoms with Crippen molar-refractivity contribution in [3.8, 4) is 11.5 Å². The van der Waals surface area contributed by atoms with Crippen molar-refractivity contribution in [3.63, 3.8) is 0 Å². The summed E-state index contributed by atoms with van der Waals surface area (Å²) in [6.45, 7) is 2.63. The molecule has 20 heavy (non-hydrogen) atoms. The van der Waals surface area contributed by atoms with E-state index in [0.29, 0.717) is 19.8 Å². The highest BCUT2D eigenvalue weighted by Gasteiger charge is 2.17. The molecule has 0 aromatic heterocycles. The van der Waals surface area contributed by atoms with Gasteiger partial charge in [-0.1, -0.05) is 18.9 Å². The monoisotopic (exact) mass is 277 g/mol. The maximum atomic E-state index is 6.19. The van der Waals surface area contributed by atoms with Crippen molar-refractivity contribution in [2.24, 2.45) is 11.7 Å². The fraction of sp³-hybridized carbons (Fsp3) is 0.625. The summed E-state index contributed by atoms with van der Waals surface area (Å²) in [5, 5.41) is 0. The second kappa shape index (κ2) is 6.46. The standard InChI is InChI=1S/C16H23NO3/c17-14(11-18-10-12-3-1-2-4-12)13-5-6-15-16(9-13)20-8-7-19-15/h5-6,9,12,14H,1-4,7-8,10-11,17H2. The molecule has 0 radical (unpaired) electrons. The molecule has 0 spiro atoms. The first-order valence-electron chi connectivity index (χ1n) is 7.56. The van der Waals surface area contributed by atoms with Crippen LogP contribution in [0.2, 0.25) is 0 Å². The number of hydrogen-bond donors (Lipinski definition) is 1. The van der Waals surface area contributed by atoms with Gasteiger partial charge in [0, 0.05) is 6.61 Å². The molecule has 4 nitrogen and oxygen atoms in total. The Hall–Kier alpha value is -1.26. The van der Waals surface area contributed by atoms with Gasteiger partial charge >= 0.3 is 0 Å². The molecule has 3 rings (SSSR count). The van der Waals surface area contributed by atoms with Crippen LogP contribution in [0, 0.1) is 5.92 Å². The van der Waals surface area contributed by atoms with E-state index in [2.05, 4.69) is 0 Å². The maximum absolute atomic E-state index is 6.19. The van der Waals surface area contributed by atoms with Gasteiger partial charge in [-0.15, -0.1) is 0 Å². The van der Waals surface area contributed by atoms with Crippen molar-refractivity contribution in [2.75, 3.05) is 26.4 Å². The van der Waals surface area contributed by atoms with Gasteiger partial charge in [-0.2, -0.15) is 0 Å². The molecular weight excluding hydrogens is 254 g/mol. The van der Waals surface area contributed by atoms with Gasteiger partial charge in [-0.3, -0.25) is 0 Å². The molecule has 1 aliphatic carbocycles. The first-order chi connectivity index (χ1) is 9.83. The molecule has 1 fully saturated rings. The van der Waals surface area contributed by atoms with Crippen LogP contribution in [0.25, 0.3) is 0 Å². The molecule has 1 heterocycles. The highest BCUT2D eigenvalue weighted by molar-refractivity contribution is 5.44. The van der Waals surface area contributed by atoms with Crippen molar-refractivity contribution in [1.82, 2.24) is 0 Å². The number of fused-ring (bicyclic) bond motifs is 1. The van der Waals surface area contributed by atoms with E-state index in [9.17, 15) is 0 Å². The van der Waals surface area contributed by atoms with Crippen molar-refractivity contribution in [3.05, 3.63) is 23.8 Å². The third-order valence-electron chi connectivity index (χ3n) is 4.12. The van der Waals surface area contributed by atoms with E-state index in [0.717, 1.165) is 29.6 Å². The molecule has 0 saturated heterocycles. The van der Waals surface area contributed by atoms with E-state index in [4.69, 9.17) is 19.9 Å². The van der Waals surface area contributed by atoms with Crippen molar-refractivity contribution < 1.29 is 14.2 Å². The van der Waals surface area contributed by atoms with Gasteiger partial charge in [0.05, 0.1) is 12.6 Å². The fourth-order valence-electron chi connectivity index (χ4n) is 2.93. The molecule has 0 amide bonds. The number of ether oxygens (including phenoxy) is 3. The van der Waals surface area contributed by atoms with Crippen molar-refractivity contribution in [1.29, 1.82) is 0 Å². The molecule has 1 atom stereocenters.